The van der Waals surface area contributed by atoms with Gasteiger partial charge in [-0.2, -0.15) is 27.5 Å². The quantitative estimate of drug-likeness (QED) is 0.301. The van der Waals surface area contributed by atoms with Crippen LogP contribution >= 0.6 is 0 Å². The highest BCUT2D eigenvalue weighted by molar-refractivity contribution is 7.89. The Labute approximate surface area is 201 Å². The lowest BCUT2D eigenvalue weighted by molar-refractivity contribution is -0.147. The van der Waals surface area contributed by atoms with Gasteiger partial charge >= 0.3 is 6.18 Å². The number of hydrogen-bond acceptors (Lipinski definition) is 5. The molecule has 7 nitrogen and oxygen atoms in total. The maximum Gasteiger partial charge on any atom is 0.404 e. The zero-order chi connectivity index (χ0) is 26.4. The normalized spacial score (nSPS) is 13.1. The van der Waals surface area contributed by atoms with Crippen LogP contribution in [0.3, 0.4) is 0 Å². The highest BCUT2D eigenvalue weighted by Gasteiger charge is 2.40. The average Bonchev–Trinajstić information content (AvgIpc) is 3.11. The van der Waals surface area contributed by atoms with Crippen LogP contribution in [-0.2, 0) is 10.0 Å². The molecule has 0 saturated carbocycles. The summed E-state index contributed by atoms with van der Waals surface area (Å²) in [5.74, 6) is -1.55. The summed E-state index contributed by atoms with van der Waals surface area (Å²) in [6, 6.07) is 6.52. The summed E-state index contributed by atoms with van der Waals surface area (Å²) < 4.78 is 96.8. The Morgan fingerprint density at radius 1 is 1.11 bits per heavy atom. The van der Waals surface area contributed by atoms with Crippen molar-refractivity contribution < 1.29 is 30.4 Å². The molecule has 0 saturated heterocycles. The van der Waals surface area contributed by atoms with Gasteiger partial charge in [-0.25, -0.2) is 17.8 Å². The Morgan fingerprint density at radius 3 is 2.47 bits per heavy atom. The minimum Gasteiger partial charge on any atom is -0.306 e. The van der Waals surface area contributed by atoms with Crippen molar-refractivity contribution in [1.82, 2.24) is 19.3 Å². The number of benzene rings is 1. The number of hydrogen-bond donors (Lipinski definition) is 1. The molecule has 0 unspecified atom stereocenters. The smallest absolute Gasteiger partial charge is 0.306 e. The van der Waals surface area contributed by atoms with Gasteiger partial charge in [0.05, 0.1) is 22.5 Å². The number of aryl methyl sites for hydroxylation is 1. The molecule has 0 aliphatic rings. The van der Waals surface area contributed by atoms with Crippen molar-refractivity contribution in [2.24, 2.45) is 0 Å². The second-order valence-electron chi connectivity index (χ2n) is 7.86. The lowest BCUT2D eigenvalue weighted by atomic mass is 10.1. The molecule has 0 radical (unpaired) electrons. The Kier molecular flexibility index (Phi) is 6.27. The minimum absolute atomic E-state index is 0.0680. The molecule has 3 aromatic heterocycles. The summed E-state index contributed by atoms with van der Waals surface area (Å²) in [7, 11) is -4.82. The highest BCUT2D eigenvalue weighted by atomic mass is 32.2. The fraction of sp³-hybridized carbons (Fsp3) is 0.174. The number of sulfonamides is 1. The van der Waals surface area contributed by atoms with Crippen LogP contribution in [0.4, 0.5) is 22.0 Å². The molecule has 1 aromatic carbocycles. The van der Waals surface area contributed by atoms with E-state index < -0.39 is 38.9 Å². The molecule has 186 valence electrons. The summed E-state index contributed by atoms with van der Waals surface area (Å²) in [5, 5.41) is 10.1. The van der Waals surface area contributed by atoms with E-state index in [1.54, 1.807) is 4.72 Å². The first-order chi connectivity index (χ1) is 16.8. The Morgan fingerprint density at radius 2 is 1.83 bits per heavy atom. The number of aromatic nitrogens is 3. The van der Waals surface area contributed by atoms with Gasteiger partial charge in [0.15, 0.2) is 0 Å². The number of nitrogens with zero attached hydrogens (tertiary/aromatic N) is 4. The van der Waals surface area contributed by atoms with Crippen LogP contribution in [0.5, 0.6) is 0 Å². The Balaban J connectivity index is 2.10. The van der Waals surface area contributed by atoms with Gasteiger partial charge < -0.3 is 4.57 Å². The molecule has 36 heavy (non-hydrogen) atoms. The van der Waals surface area contributed by atoms with E-state index in [0.717, 1.165) is 24.4 Å². The maximum atomic E-state index is 14.5. The van der Waals surface area contributed by atoms with Gasteiger partial charge in [-0.15, -0.1) is 0 Å². The molecule has 1 atom stereocenters. The molecule has 3 heterocycles. The molecule has 0 amide bonds. The molecule has 4 aromatic rings. The van der Waals surface area contributed by atoms with E-state index in [1.807, 2.05) is 6.07 Å². The predicted molar refractivity (Wildman–Crippen MR) is 120 cm³/mol. The van der Waals surface area contributed by atoms with Crippen LogP contribution in [0.2, 0.25) is 0 Å². The van der Waals surface area contributed by atoms with Gasteiger partial charge in [0, 0.05) is 23.8 Å². The van der Waals surface area contributed by atoms with Crippen LogP contribution < -0.4 is 4.72 Å². The van der Waals surface area contributed by atoms with Gasteiger partial charge in [-0.1, -0.05) is 0 Å². The number of nitriles is 1. The molecule has 0 fully saturated rings. The van der Waals surface area contributed by atoms with E-state index in [2.05, 4.69) is 9.97 Å². The van der Waals surface area contributed by atoms with Crippen LogP contribution in [0.25, 0.3) is 28.0 Å². The molecule has 0 aliphatic carbocycles. The molecule has 13 heteroatoms. The fourth-order valence-electron chi connectivity index (χ4n) is 3.70. The second-order valence-corrected chi connectivity index (χ2v) is 9.54. The zero-order valence-electron chi connectivity index (χ0n) is 18.6. The van der Waals surface area contributed by atoms with E-state index in [-0.39, 0.29) is 39.1 Å². The highest BCUT2D eigenvalue weighted by Crippen LogP contribution is 2.39. The van der Waals surface area contributed by atoms with E-state index in [4.69, 9.17) is 0 Å². The third kappa shape index (κ3) is 4.40. The van der Waals surface area contributed by atoms with Crippen LogP contribution in [0.15, 0.2) is 53.7 Å². The number of nitrogens with one attached hydrogen (secondary N) is 1. The van der Waals surface area contributed by atoms with E-state index in [0.29, 0.717) is 6.92 Å². The van der Waals surface area contributed by atoms with Crippen LogP contribution in [0, 0.1) is 30.0 Å². The number of alkyl halides is 3. The number of pyridine rings is 2. The minimum atomic E-state index is -4.87. The van der Waals surface area contributed by atoms with E-state index >= 15 is 0 Å². The summed E-state index contributed by atoms with van der Waals surface area (Å²) >= 11 is 0. The third-order valence-corrected chi connectivity index (χ3v) is 7.01. The van der Waals surface area contributed by atoms with Crippen molar-refractivity contribution >= 4 is 20.9 Å². The van der Waals surface area contributed by atoms with Crippen molar-refractivity contribution in [3.05, 3.63) is 71.7 Å². The van der Waals surface area contributed by atoms with E-state index in [9.17, 15) is 35.6 Å². The van der Waals surface area contributed by atoms with Crippen molar-refractivity contribution in [1.29, 1.82) is 5.26 Å². The second kappa shape index (κ2) is 8.96. The summed E-state index contributed by atoms with van der Waals surface area (Å²) in [6.45, 7) is 2.10. The molecule has 0 aliphatic heterocycles. The fourth-order valence-corrected chi connectivity index (χ4v) is 5.08. The van der Waals surface area contributed by atoms with E-state index in [1.165, 1.54) is 35.9 Å². The van der Waals surface area contributed by atoms with Crippen molar-refractivity contribution in [2.75, 3.05) is 0 Å². The molecule has 4 rings (SSSR count). The average molecular weight is 521 g/mol. The van der Waals surface area contributed by atoms with Gasteiger partial charge in [0.25, 0.3) is 0 Å². The number of halogens is 5. The van der Waals surface area contributed by atoms with Gasteiger partial charge in [-0.05, 0) is 49.7 Å². The lowest BCUT2D eigenvalue weighted by Gasteiger charge is -2.19. The lowest BCUT2D eigenvalue weighted by Crippen LogP contribution is -2.43. The van der Waals surface area contributed by atoms with Crippen molar-refractivity contribution in [2.45, 2.75) is 31.0 Å². The first-order valence-electron chi connectivity index (χ1n) is 10.3. The Bertz CT molecular complexity index is 1640. The third-order valence-electron chi connectivity index (χ3n) is 5.44. The number of fused-ring (bicyclic) bond motifs is 1. The van der Waals surface area contributed by atoms with Crippen molar-refractivity contribution in [3.8, 4) is 23.1 Å². The topological polar surface area (TPSA) is 101 Å². The molecular weight excluding hydrogens is 505 g/mol. The molecule has 1 N–H and O–H groups in total. The zero-order valence-corrected chi connectivity index (χ0v) is 19.4. The van der Waals surface area contributed by atoms with Crippen LogP contribution in [0.1, 0.15) is 18.1 Å². The summed E-state index contributed by atoms with van der Waals surface area (Å²) in [5.41, 5.74) is -0.273. The van der Waals surface area contributed by atoms with Gasteiger partial charge in [0.2, 0.25) is 16.0 Å². The van der Waals surface area contributed by atoms with Gasteiger partial charge in [-0.3, -0.25) is 4.98 Å². The SMILES string of the molecule is Cc1cc2c(cc1F)c(C#N)c(-c1ncccc1S(=O)(=O)N[C@@H](C)C(F)(F)F)n2-c1ccnc(F)c1. The maximum absolute atomic E-state index is 14.5. The molecule has 0 bridgehead atoms. The summed E-state index contributed by atoms with van der Waals surface area (Å²) in [4.78, 5) is 6.89. The molecular formula is C23H16F5N5O2S. The van der Waals surface area contributed by atoms with Gasteiger partial charge in [0.1, 0.15) is 28.5 Å². The standard InChI is InChI=1S/C23H16F5N5O2S/c1-12-8-18-15(10-17(12)24)16(11-29)22(33(18)14-5-7-30-20(25)9-14)21-19(4-3-6-31-21)36(34,35)32-13(2)23(26,27)28/h3-10,13,32H,1-2H3/t13-/m0/s1. The Hall–Kier alpha value is -3.89. The summed E-state index contributed by atoms with van der Waals surface area (Å²) in [6.07, 6.45) is -2.55. The predicted octanol–water partition coefficient (Wildman–Crippen LogP) is 4.77. The largest absolute Gasteiger partial charge is 0.404 e. The van der Waals surface area contributed by atoms with Crippen LogP contribution in [-0.4, -0.2) is 35.2 Å². The monoisotopic (exact) mass is 521 g/mol. The van der Waals surface area contributed by atoms with Crippen molar-refractivity contribution in [3.63, 3.8) is 0 Å². The first kappa shape index (κ1) is 25.2. The molecule has 0 spiro atoms. The first-order valence-corrected chi connectivity index (χ1v) is 11.7. The number of rotatable bonds is 5.